The van der Waals surface area contributed by atoms with E-state index in [9.17, 15) is 16.8 Å². The minimum absolute atomic E-state index is 0.156. The third kappa shape index (κ3) is 9.41. The molecule has 0 aromatic rings. The van der Waals surface area contributed by atoms with E-state index < -0.39 is 31.7 Å². The molecule has 0 saturated heterocycles. The van der Waals surface area contributed by atoms with Crippen molar-refractivity contribution in [2.75, 3.05) is 24.6 Å². The molecule has 0 radical (unpaired) electrons. The molecule has 0 heterocycles. The smallest absolute Gasteiger partial charge is 0.283 e. The van der Waals surface area contributed by atoms with Crippen molar-refractivity contribution in [3.05, 3.63) is 0 Å². The first-order valence-electron chi connectivity index (χ1n) is 4.73. The molecule has 0 rings (SSSR count). The van der Waals surface area contributed by atoms with Crippen molar-refractivity contribution in [1.82, 2.24) is 11.0 Å². The van der Waals surface area contributed by atoms with E-state index in [0.29, 0.717) is 6.42 Å². The Bertz CT molecular complexity index is 391. The van der Waals surface area contributed by atoms with Crippen molar-refractivity contribution < 1.29 is 30.9 Å². The first-order valence-corrected chi connectivity index (χ1v) is 7.89. The van der Waals surface area contributed by atoms with E-state index >= 15 is 0 Å². The SMILES string of the molecule is O=S(=O)(CCCCNO)OS(=O)(=O)CCNO. The molecular weight excluding hydrogens is 276 g/mol. The quantitative estimate of drug-likeness (QED) is 0.276. The summed E-state index contributed by atoms with van der Waals surface area (Å²) in [6, 6.07) is 0. The van der Waals surface area contributed by atoms with E-state index in [1.54, 1.807) is 5.48 Å². The minimum Gasteiger partial charge on any atom is -0.317 e. The molecule has 0 saturated carbocycles. The standard InChI is InChI=1S/C6H16N2O7S2/c9-7-3-1-2-5-16(11,12)15-17(13,14)6-4-8-10/h7-10H,1-6H2. The molecule has 0 bridgehead atoms. The fourth-order valence-corrected chi connectivity index (χ4v) is 3.59. The Morgan fingerprint density at radius 2 is 1.35 bits per heavy atom. The zero-order valence-corrected chi connectivity index (χ0v) is 10.6. The zero-order chi connectivity index (χ0) is 13.4. The molecule has 0 spiro atoms. The third-order valence-electron chi connectivity index (χ3n) is 1.60. The first kappa shape index (κ1) is 16.7. The predicted octanol–water partition coefficient (Wildman–Crippen LogP) is -1.60. The molecule has 0 amide bonds. The van der Waals surface area contributed by atoms with Gasteiger partial charge in [-0.25, -0.2) is 11.0 Å². The van der Waals surface area contributed by atoms with E-state index in [2.05, 4.69) is 3.63 Å². The van der Waals surface area contributed by atoms with E-state index in [0.717, 1.165) is 0 Å². The minimum atomic E-state index is -4.22. The summed E-state index contributed by atoms with van der Waals surface area (Å²) in [6.07, 6.45) is 0.515. The van der Waals surface area contributed by atoms with E-state index in [-0.39, 0.29) is 19.5 Å². The van der Waals surface area contributed by atoms with Crippen molar-refractivity contribution >= 4 is 20.2 Å². The lowest BCUT2D eigenvalue weighted by atomic mass is 10.3. The predicted molar refractivity (Wildman–Crippen MR) is 57.5 cm³/mol. The Morgan fingerprint density at radius 1 is 0.824 bits per heavy atom. The van der Waals surface area contributed by atoms with Crippen molar-refractivity contribution in [1.29, 1.82) is 0 Å². The molecule has 0 aromatic carbocycles. The summed E-state index contributed by atoms with van der Waals surface area (Å²) in [4.78, 5) is 0. The Hall–Kier alpha value is -0.300. The van der Waals surface area contributed by atoms with Crippen LogP contribution >= 0.6 is 0 Å². The highest BCUT2D eigenvalue weighted by Gasteiger charge is 2.21. The van der Waals surface area contributed by atoms with Crippen LogP contribution in [0, 0.1) is 0 Å². The highest BCUT2D eigenvalue weighted by molar-refractivity contribution is 7.99. The maximum atomic E-state index is 11.2. The van der Waals surface area contributed by atoms with Crippen molar-refractivity contribution in [3.8, 4) is 0 Å². The van der Waals surface area contributed by atoms with Crippen molar-refractivity contribution in [3.63, 3.8) is 0 Å². The summed E-state index contributed by atoms with van der Waals surface area (Å²) in [5.74, 6) is -1.11. The van der Waals surface area contributed by atoms with Crippen LogP contribution in [-0.2, 0) is 23.9 Å². The van der Waals surface area contributed by atoms with Gasteiger partial charge in [-0.3, -0.25) is 0 Å². The van der Waals surface area contributed by atoms with Gasteiger partial charge in [0.25, 0.3) is 20.2 Å². The summed E-state index contributed by atoms with van der Waals surface area (Å²) >= 11 is 0. The Morgan fingerprint density at radius 3 is 1.88 bits per heavy atom. The van der Waals surface area contributed by atoms with Crippen LogP contribution in [0.1, 0.15) is 12.8 Å². The summed E-state index contributed by atoms with van der Waals surface area (Å²) in [6.45, 7) is -0.122. The van der Waals surface area contributed by atoms with Gasteiger partial charge in [0.2, 0.25) is 0 Å². The molecule has 0 fully saturated rings. The number of hydroxylamine groups is 2. The second-order valence-corrected chi connectivity index (χ2v) is 6.71. The third-order valence-corrected chi connectivity index (χ3v) is 4.76. The molecule has 0 aromatic heterocycles. The number of rotatable bonds is 10. The van der Waals surface area contributed by atoms with Crippen LogP contribution in [0.15, 0.2) is 0 Å². The second kappa shape index (κ2) is 7.92. The fourth-order valence-electron chi connectivity index (χ4n) is 0.880. The molecule has 17 heavy (non-hydrogen) atoms. The van der Waals surface area contributed by atoms with E-state index in [1.807, 2.05) is 5.48 Å². The van der Waals surface area contributed by atoms with Crippen LogP contribution in [0.5, 0.6) is 0 Å². The summed E-state index contributed by atoms with van der Waals surface area (Å²) < 4.78 is 48.6. The highest BCUT2D eigenvalue weighted by Crippen LogP contribution is 2.04. The van der Waals surface area contributed by atoms with Gasteiger partial charge in [-0.2, -0.15) is 16.8 Å². The van der Waals surface area contributed by atoms with Crippen LogP contribution in [0.25, 0.3) is 0 Å². The average molecular weight is 292 g/mol. The van der Waals surface area contributed by atoms with Crippen LogP contribution < -0.4 is 11.0 Å². The van der Waals surface area contributed by atoms with Gasteiger partial charge >= 0.3 is 0 Å². The topological polar surface area (TPSA) is 142 Å². The molecule has 0 aliphatic rings. The largest absolute Gasteiger partial charge is 0.317 e. The summed E-state index contributed by atoms with van der Waals surface area (Å²) in [5.41, 5.74) is 3.42. The molecule has 11 heteroatoms. The van der Waals surface area contributed by atoms with Gasteiger partial charge in [0.05, 0.1) is 11.5 Å². The van der Waals surface area contributed by atoms with E-state index in [4.69, 9.17) is 10.4 Å². The molecule has 104 valence electrons. The van der Waals surface area contributed by atoms with Crippen LogP contribution in [0.2, 0.25) is 0 Å². The number of hydrogen-bond acceptors (Lipinski definition) is 9. The Kier molecular flexibility index (Phi) is 7.78. The lowest BCUT2D eigenvalue weighted by molar-refractivity contribution is 0.165. The van der Waals surface area contributed by atoms with Gasteiger partial charge < -0.3 is 10.4 Å². The lowest BCUT2D eigenvalue weighted by Crippen LogP contribution is -2.25. The molecule has 0 aliphatic carbocycles. The van der Waals surface area contributed by atoms with Crippen LogP contribution in [0.4, 0.5) is 0 Å². The molecule has 4 N–H and O–H groups in total. The molecule has 9 nitrogen and oxygen atoms in total. The van der Waals surface area contributed by atoms with Crippen molar-refractivity contribution in [2.45, 2.75) is 12.8 Å². The van der Waals surface area contributed by atoms with Gasteiger partial charge in [0.1, 0.15) is 0 Å². The maximum Gasteiger partial charge on any atom is 0.283 e. The van der Waals surface area contributed by atoms with Gasteiger partial charge in [0.15, 0.2) is 0 Å². The second-order valence-electron chi connectivity index (χ2n) is 3.11. The number of unbranched alkanes of at least 4 members (excludes halogenated alkanes) is 1. The number of nitrogens with one attached hydrogen (secondary N) is 2. The monoisotopic (exact) mass is 292 g/mol. The molecular formula is C6H16N2O7S2. The van der Waals surface area contributed by atoms with Crippen molar-refractivity contribution in [2.24, 2.45) is 0 Å². The summed E-state index contributed by atoms with van der Waals surface area (Å²) in [7, 11) is -8.38. The Labute approximate surface area is 99.9 Å². The zero-order valence-electron chi connectivity index (χ0n) is 8.99. The van der Waals surface area contributed by atoms with Crippen LogP contribution in [-0.4, -0.2) is 51.8 Å². The first-order chi connectivity index (χ1) is 7.83. The van der Waals surface area contributed by atoms with Gasteiger partial charge in [-0.05, 0) is 12.8 Å². The van der Waals surface area contributed by atoms with Crippen LogP contribution in [0.3, 0.4) is 0 Å². The Balaban J connectivity index is 4.16. The fraction of sp³-hybridized carbons (Fsp3) is 1.00. The molecule has 0 atom stereocenters. The summed E-state index contributed by atoms with van der Waals surface area (Å²) in [5, 5.41) is 16.4. The van der Waals surface area contributed by atoms with Gasteiger partial charge in [0, 0.05) is 13.1 Å². The van der Waals surface area contributed by atoms with E-state index in [1.165, 1.54) is 0 Å². The van der Waals surface area contributed by atoms with Gasteiger partial charge in [-0.1, -0.05) is 0 Å². The highest BCUT2D eigenvalue weighted by atomic mass is 32.3. The van der Waals surface area contributed by atoms with Gasteiger partial charge in [-0.15, -0.1) is 3.63 Å². The molecule has 0 aliphatic heterocycles. The maximum absolute atomic E-state index is 11.2. The normalized spacial score (nSPS) is 12.8. The average Bonchev–Trinajstić information content (AvgIpc) is 2.20. The number of hydrogen-bond donors (Lipinski definition) is 4. The lowest BCUT2D eigenvalue weighted by Gasteiger charge is -2.05. The molecule has 0 unspecified atom stereocenters.